The Labute approximate surface area is 248 Å². The van der Waals surface area contributed by atoms with Crippen molar-refractivity contribution in [1.82, 2.24) is 25.0 Å². The summed E-state index contributed by atoms with van der Waals surface area (Å²) in [4.78, 5) is 35.0. The molecule has 2 aromatic carbocycles. The molecular weight excluding hydrogens is 583 g/mol. The third-order valence-corrected chi connectivity index (χ3v) is 8.80. The first-order valence-electron chi connectivity index (χ1n) is 14.1. The number of alkyl halides is 3. The Morgan fingerprint density at radius 3 is 2.41 bits per heavy atom. The Morgan fingerprint density at radius 2 is 1.68 bits per heavy atom. The molecule has 2 saturated heterocycles. The van der Waals surface area contributed by atoms with Crippen molar-refractivity contribution in [3.63, 3.8) is 0 Å². The van der Waals surface area contributed by atoms with Gasteiger partial charge in [-0.3, -0.25) is 14.6 Å². The van der Waals surface area contributed by atoms with Crippen molar-refractivity contribution in [2.24, 2.45) is 0 Å². The Balaban J connectivity index is 1.24. The number of carbonyl (C=O) groups is 2. The Bertz CT molecular complexity index is 1790. The molecule has 0 bridgehead atoms. The number of nitrogens with one attached hydrogen (secondary N) is 1. The van der Waals surface area contributed by atoms with Gasteiger partial charge in [0.25, 0.3) is 5.91 Å². The smallest absolute Gasteiger partial charge is 0.339 e. The number of aromatic nitrogens is 3. The van der Waals surface area contributed by atoms with E-state index in [0.29, 0.717) is 54.4 Å². The lowest BCUT2D eigenvalue weighted by Crippen LogP contribution is -2.57. The minimum absolute atomic E-state index is 0.0531. The first-order chi connectivity index (χ1) is 21.1. The zero-order valence-corrected chi connectivity index (χ0v) is 23.2. The van der Waals surface area contributed by atoms with Crippen molar-refractivity contribution >= 4 is 17.5 Å². The van der Waals surface area contributed by atoms with Gasteiger partial charge in [0, 0.05) is 30.5 Å². The van der Waals surface area contributed by atoms with Crippen LogP contribution in [0.15, 0.2) is 60.8 Å². The predicted molar refractivity (Wildman–Crippen MR) is 149 cm³/mol. The summed E-state index contributed by atoms with van der Waals surface area (Å²) in [6, 6.07) is 12.1. The molecule has 3 aliphatic rings. The summed E-state index contributed by atoms with van der Waals surface area (Å²) in [5.74, 6) is -2.39. The largest absolute Gasteiger partial charge is 0.419 e. The fraction of sp³-hybridized carbons (Fsp3) is 0.290. The van der Waals surface area contributed by atoms with Gasteiger partial charge in [-0.2, -0.15) is 18.3 Å². The van der Waals surface area contributed by atoms with Crippen molar-refractivity contribution < 1.29 is 31.5 Å². The number of fused-ring (bicyclic) bond motifs is 3. The van der Waals surface area contributed by atoms with Crippen molar-refractivity contribution in [3.05, 3.63) is 94.8 Å². The third kappa shape index (κ3) is 4.40. The third-order valence-electron chi connectivity index (χ3n) is 8.80. The zero-order valence-electron chi connectivity index (χ0n) is 23.2. The number of hydrogen-bond acceptors (Lipinski definition) is 5. The van der Waals surface area contributed by atoms with E-state index in [2.05, 4.69) is 15.4 Å². The lowest BCUT2D eigenvalue weighted by Gasteiger charge is -2.43. The summed E-state index contributed by atoms with van der Waals surface area (Å²) in [6.07, 6.45) is -1.80. The van der Waals surface area contributed by atoms with Gasteiger partial charge in [-0.05, 0) is 79.8 Å². The van der Waals surface area contributed by atoms with Crippen LogP contribution in [0, 0.1) is 11.6 Å². The molecule has 0 unspecified atom stereocenters. The normalized spacial score (nSPS) is 17.4. The second-order valence-electron chi connectivity index (χ2n) is 11.2. The number of benzene rings is 2. The average Bonchev–Trinajstić information content (AvgIpc) is 3.55. The second-order valence-corrected chi connectivity index (χ2v) is 11.2. The SMILES string of the molecule is O=C(c1nn(-c2ccc(F)c(C(F)(F)F)c2)c2c1CCc1cccnc1-2)N1CCC2(CC1)C(=O)NCN2c1ccc(F)cc1. The molecule has 2 aromatic heterocycles. The molecule has 4 aromatic rings. The highest BCUT2D eigenvalue weighted by atomic mass is 19.4. The molecular formula is C31H25F5N6O2. The topological polar surface area (TPSA) is 83.4 Å². The van der Waals surface area contributed by atoms with Gasteiger partial charge in [0.05, 0.1) is 29.3 Å². The minimum atomic E-state index is -4.93. The van der Waals surface area contributed by atoms with Gasteiger partial charge in [-0.1, -0.05) is 6.07 Å². The van der Waals surface area contributed by atoms with Gasteiger partial charge in [0.1, 0.15) is 17.2 Å². The highest BCUT2D eigenvalue weighted by molar-refractivity contribution is 5.97. The molecule has 4 heterocycles. The van der Waals surface area contributed by atoms with Crippen LogP contribution in [-0.2, 0) is 23.8 Å². The highest BCUT2D eigenvalue weighted by Crippen LogP contribution is 2.40. The fourth-order valence-corrected chi connectivity index (χ4v) is 6.54. The molecule has 1 N–H and O–H groups in total. The summed E-state index contributed by atoms with van der Waals surface area (Å²) in [7, 11) is 0. The molecule has 2 fully saturated rings. The van der Waals surface area contributed by atoms with E-state index in [0.717, 1.165) is 11.6 Å². The fourth-order valence-electron chi connectivity index (χ4n) is 6.54. The van der Waals surface area contributed by atoms with Crippen LogP contribution in [0.3, 0.4) is 0 Å². The van der Waals surface area contributed by atoms with Crippen LogP contribution in [0.25, 0.3) is 17.1 Å². The number of hydrogen-bond donors (Lipinski definition) is 1. The minimum Gasteiger partial charge on any atom is -0.339 e. The number of halogens is 5. The molecule has 226 valence electrons. The summed E-state index contributed by atoms with van der Waals surface area (Å²) in [5.41, 5.74) is 0.635. The van der Waals surface area contributed by atoms with Crippen LogP contribution < -0.4 is 10.2 Å². The lowest BCUT2D eigenvalue weighted by molar-refractivity contribution is -0.140. The van der Waals surface area contributed by atoms with Gasteiger partial charge >= 0.3 is 6.18 Å². The molecule has 0 saturated carbocycles. The molecule has 7 rings (SSSR count). The predicted octanol–water partition coefficient (Wildman–Crippen LogP) is 4.90. The molecule has 1 spiro atoms. The lowest BCUT2D eigenvalue weighted by atomic mass is 9.85. The van der Waals surface area contributed by atoms with Crippen molar-refractivity contribution in [2.45, 2.75) is 37.4 Å². The van der Waals surface area contributed by atoms with E-state index < -0.39 is 34.8 Å². The quantitative estimate of drug-likeness (QED) is 0.335. The maximum Gasteiger partial charge on any atom is 0.419 e. The maximum atomic E-state index is 14.2. The Kier molecular flexibility index (Phi) is 6.45. The first kappa shape index (κ1) is 28.0. The van der Waals surface area contributed by atoms with Gasteiger partial charge in [-0.15, -0.1) is 0 Å². The zero-order chi connectivity index (χ0) is 30.8. The standard InChI is InChI=1S/C31H25F5N6O2/c32-19-4-6-20(7-5-19)41-17-38-29(44)30(41)11-14-40(15-12-30)28(43)26-22-9-3-18-2-1-13-37-25(18)27(22)42(39-26)21-8-10-24(33)23(16-21)31(34,35)36/h1-2,4-8,10,13,16H,3,9,11-12,14-15,17H2,(H,38,44). The van der Waals surface area contributed by atoms with Crippen LogP contribution in [0.4, 0.5) is 27.6 Å². The highest BCUT2D eigenvalue weighted by Gasteiger charge is 2.51. The summed E-state index contributed by atoms with van der Waals surface area (Å²) >= 11 is 0. The first-order valence-corrected chi connectivity index (χ1v) is 14.1. The van der Waals surface area contributed by atoms with Crippen LogP contribution in [0.2, 0.25) is 0 Å². The van der Waals surface area contributed by atoms with Gasteiger partial charge in [-0.25, -0.2) is 13.5 Å². The Morgan fingerprint density at radius 1 is 0.955 bits per heavy atom. The van der Waals surface area contributed by atoms with E-state index >= 15 is 0 Å². The van der Waals surface area contributed by atoms with Crippen LogP contribution >= 0.6 is 0 Å². The van der Waals surface area contributed by atoms with Crippen LogP contribution in [0.1, 0.15) is 40.0 Å². The molecule has 1 aliphatic carbocycles. The van der Waals surface area contributed by atoms with Crippen molar-refractivity contribution in [3.8, 4) is 17.1 Å². The molecule has 13 heteroatoms. The van der Waals surface area contributed by atoms with E-state index in [1.54, 1.807) is 29.3 Å². The van der Waals surface area contributed by atoms with Crippen molar-refractivity contribution in [2.75, 3.05) is 24.7 Å². The maximum absolute atomic E-state index is 14.2. The van der Waals surface area contributed by atoms with Crippen LogP contribution in [-0.4, -0.2) is 56.8 Å². The van der Waals surface area contributed by atoms with Gasteiger partial charge in [0.2, 0.25) is 5.91 Å². The number of piperidine rings is 1. The number of aryl methyl sites for hydroxylation is 1. The number of anilines is 1. The molecule has 0 atom stereocenters. The monoisotopic (exact) mass is 608 g/mol. The number of amides is 2. The number of nitrogens with zero attached hydrogens (tertiary/aromatic N) is 5. The van der Waals surface area contributed by atoms with Crippen molar-refractivity contribution in [1.29, 1.82) is 0 Å². The van der Waals surface area contributed by atoms with Gasteiger partial charge in [0.15, 0.2) is 5.69 Å². The number of carbonyl (C=O) groups excluding carboxylic acids is 2. The van der Waals surface area contributed by atoms with E-state index in [1.807, 2.05) is 11.0 Å². The number of likely N-dealkylation sites (tertiary alicyclic amines) is 1. The number of rotatable bonds is 3. The van der Waals surface area contributed by atoms with E-state index in [9.17, 15) is 31.5 Å². The second kappa shape index (κ2) is 10.1. The van der Waals surface area contributed by atoms with E-state index in [-0.39, 0.29) is 37.0 Å². The number of pyridine rings is 1. The molecule has 2 amide bonds. The molecule has 0 radical (unpaired) electrons. The molecule has 2 aliphatic heterocycles. The van der Waals surface area contributed by atoms with E-state index in [1.165, 1.54) is 22.9 Å². The summed E-state index contributed by atoms with van der Waals surface area (Å²) in [5, 5.41) is 7.40. The Hall–Kier alpha value is -4.81. The molecule has 8 nitrogen and oxygen atoms in total. The van der Waals surface area contributed by atoms with Crippen LogP contribution in [0.5, 0.6) is 0 Å². The average molecular weight is 609 g/mol. The summed E-state index contributed by atoms with van der Waals surface area (Å²) < 4.78 is 69.8. The summed E-state index contributed by atoms with van der Waals surface area (Å²) in [6.45, 7) is 0.685. The van der Waals surface area contributed by atoms with E-state index in [4.69, 9.17) is 0 Å². The molecule has 44 heavy (non-hydrogen) atoms. The van der Waals surface area contributed by atoms with Gasteiger partial charge < -0.3 is 15.1 Å².